The summed E-state index contributed by atoms with van der Waals surface area (Å²) in [5.41, 5.74) is 3.08. The predicted molar refractivity (Wildman–Crippen MR) is 101 cm³/mol. The van der Waals surface area contributed by atoms with Gasteiger partial charge in [0.25, 0.3) is 0 Å². The smallest absolute Gasteiger partial charge is 0.146 e. The number of hydrogen-bond acceptors (Lipinski definition) is 4. The van der Waals surface area contributed by atoms with E-state index in [-0.39, 0.29) is 17.9 Å². The highest BCUT2D eigenvalue weighted by Crippen LogP contribution is 2.57. The Hall–Kier alpha value is -2.37. The summed E-state index contributed by atoms with van der Waals surface area (Å²) < 4.78 is 2.15. The van der Waals surface area contributed by atoms with Gasteiger partial charge in [-0.2, -0.15) is 0 Å². The molecular weight excluding hydrogens is 348 g/mol. The van der Waals surface area contributed by atoms with E-state index in [2.05, 4.69) is 37.9 Å². The van der Waals surface area contributed by atoms with E-state index in [4.69, 9.17) is 11.6 Å². The van der Waals surface area contributed by atoms with Crippen LogP contribution in [0.3, 0.4) is 0 Å². The first-order chi connectivity index (χ1) is 12.6. The molecule has 1 aromatic heterocycles. The van der Waals surface area contributed by atoms with Crippen LogP contribution in [0.4, 0.5) is 11.4 Å². The number of aliphatic hydroxyl groups is 1. The van der Waals surface area contributed by atoms with Crippen LogP contribution in [0.2, 0.25) is 5.02 Å². The first-order valence-electron chi connectivity index (χ1n) is 8.80. The van der Waals surface area contributed by atoms with Gasteiger partial charge in [-0.3, -0.25) is 4.57 Å². The molecule has 2 atom stereocenters. The fraction of sp³-hybridized carbons (Fsp3) is 0.300. The largest absolute Gasteiger partial charge is 0.396 e. The van der Waals surface area contributed by atoms with Crippen molar-refractivity contribution in [1.82, 2.24) is 14.8 Å². The summed E-state index contributed by atoms with van der Waals surface area (Å²) in [5.74, 6) is 2.03. The van der Waals surface area contributed by atoms with Crippen molar-refractivity contribution in [3.8, 4) is 5.69 Å². The van der Waals surface area contributed by atoms with Crippen LogP contribution in [0.1, 0.15) is 18.1 Å². The fourth-order valence-corrected chi connectivity index (χ4v) is 4.36. The van der Waals surface area contributed by atoms with Crippen molar-refractivity contribution >= 4 is 23.0 Å². The zero-order chi connectivity index (χ0) is 17.9. The summed E-state index contributed by atoms with van der Waals surface area (Å²) in [6, 6.07) is 16.2. The van der Waals surface area contributed by atoms with E-state index in [0.717, 1.165) is 46.7 Å². The van der Waals surface area contributed by atoms with Crippen LogP contribution >= 0.6 is 11.6 Å². The predicted octanol–water partition coefficient (Wildman–Crippen LogP) is 3.63. The molecule has 2 aliphatic rings. The molecule has 1 aliphatic carbocycles. The van der Waals surface area contributed by atoms with E-state index < -0.39 is 0 Å². The van der Waals surface area contributed by atoms with Crippen molar-refractivity contribution in [2.45, 2.75) is 18.8 Å². The normalized spacial score (nSPS) is 23.5. The van der Waals surface area contributed by atoms with Crippen LogP contribution in [0, 0.1) is 12.8 Å². The Morgan fingerprint density at radius 2 is 1.85 bits per heavy atom. The molecule has 6 heteroatoms. The average molecular weight is 367 g/mol. The SMILES string of the molecule is Cc1nnc2n1-c1ccccc1N(c1ccc(Cl)cc1)CC21CC1CO. The van der Waals surface area contributed by atoms with Gasteiger partial charge in [-0.15, -0.1) is 10.2 Å². The number of halogens is 1. The quantitative estimate of drug-likeness (QED) is 0.752. The lowest BCUT2D eigenvalue weighted by Gasteiger charge is -2.28. The first-order valence-corrected chi connectivity index (χ1v) is 9.18. The molecule has 26 heavy (non-hydrogen) atoms. The van der Waals surface area contributed by atoms with Crippen molar-refractivity contribution in [2.24, 2.45) is 5.92 Å². The maximum atomic E-state index is 9.86. The molecule has 1 aliphatic heterocycles. The third-order valence-corrected chi connectivity index (χ3v) is 5.97. The lowest BCUT2D eigenvalue weighted by Crippen LogP contribution is -2.30. The second kappa shape index (κ2) is 5.56. The van der Waals surface area contributed by atoms with Gasteiger partial charge in [-0.1, -0.05) is 23.7 Å². The molecule has 0 radical (unpaired) electrons. The molecule has 2 aromatic carbocycles. The molecule has 5 rings (SSSR count). The molecular formula is C20H19ClN4O. The number of fused-ring (bicyclic) bond motifs is 4. The van der Waals surface area contributed by atoms with Gasteiger partial charge in [-0.05, 0) is 55.7 Å². The number of hydrogen-bond donors (Lipinski definition) is 1. The minimum atomic E-state index is -0.186. The first kappa shape index (κ1) is 15.9. The Balaban J connectivity index is 1.75. The lowest BCUT2D eigenvalue weighted by atomic mass is 10.0. The molecule has 2 unspecified atom stereocenters. The fourth-order valence-electron chi connectivity index (χ4n) is 4.23. The molecule has 3 aromatic rings. The number of aromatic nitrogens is 3. The Kier molecular flexibility index (Phi) is 3.39. The average Bonchev–Trinajstić information content (AvgIpc) is 3.27. The number of anilines is 2. The second-order valence-electron chi connectivity index (χ2n) is 7.20. The van der Waals surface area contributed by atoms with Crippen molar-refractivity contribution in [2.75, 3.05) is 18.1 Å². The van der Waals surface area contributed by atoms with Crippen LogP contribution in [0.5, 0.6) is 0 Å². The van der Waals surface area contributed by atoms with E-state index in [1.165, 1.54) is 0 Å². The monoisotopic (exact) mass is 366 g/mol. The maximum absolute atomic E-state index is 9.86. The minimum absolute atomic E-state index is 0.163. The third kappa shape index (κ3) is 2.14. The van der Waals surface area contributed by atoms with Gasteiger partial charge in [0, 0.05) is 23.9 Å². The molecule has 2 heterocycles. The standard InChI is InChI=1S/C20H19ClN4O/c1-13-22-23-19-20(10-14(20)11-26)12-24(16-8-6-15(21)7-9-16)17-4-2-3-5-18(17)25(13)19/h2-9,14,26H,10-12H2,1H3. The molecule has 1 fully saturated rings. The minimum Gasteiger partial charge on any atom is -0.396 e. The molecule has 0 bridgehead atoms. The van der Waals surface area contributed by atoms with E-state index >= 15 is 0 Å². The summed E-state index contributed by atoms with van der Waals surface area (Å²) in [5, 5.41) is 19.5. The zero-order valence-electron chi connectivity index (χ0n) is 14.4. The van der Waals surface area contributed by atoms with Gasteiger partial charge in [0.15, 0.2) is 0 Å². The summed E-state index contributed by atoms with van der Waals surface area (Å²) in [6.45, 7) is 2.90. The van der Waals surface area contributed by atoms with Crippen molar-refractivity contribution in [3.63, 3.8) is 0 Å². The molecule has 132 valence electrons. The van der Waals surface area contributed by atoms with Crippen molar-refractivity contribution in [1.29, 1.82) is 0 Å². The van der Waals surface area contributed by atoms with Gasteiger partial charge in [-0.25, -0.2) is 0 Å². The summed E-state index contributed by atoms with van der Waals surface area (Å²) in [7, 11) is 0. The molecule has 0 saturated heterocycles. The summed E-state index contributed by atoms with van der Waals surface area (Å²) >= 11 is 6.10. The van der Waals surface area contributed by atoms with Crippen molar-refractivity contribution in [3.05, 3.63) is 65.2 Å². The maximum Gasteiger partial charge on any atom is 0.146 e. The highest BCUT2D eigenvalue weighted by atomic mass is 35.5. The van der Waals surface area contributed by atoms with Gasteiger partial charge in [0.2, 0.25) is 0 Å². The number of rotatable bonds is 2. The molecule has 1 spiro atoms. The van der Waals surface area contributed by atoms with E-state index in [9.17, 15) is 5.11 Å². The van der Waals surface area contributed by atoms with Gasteiger partial charge in [0.1, 0.15) is 11.6 Å². The molecule has 5 nitrogen and oxygen atoms in total. The van der Waals surface area contributed by atoms with Gasteiger partial charge >= 0.3 is 0 Å². The van der Waals surface area contributed by atoms with Crippen LogP contribution in [0.25, 0.3) is 5.69 Å². The van der Waals surface area contributed by atoms with Crippen molar-refractivity contribution < 1.29 is 5.11 Å². The summed E-state index contributed by atoms with van der Waals surface area (Å²) in [4.78, 5) is 2.31. The Morgan fingerprint density at radius 3 is 2.54 bits per heavy atom. The van der Waals surface area contributed by atoms with Gasteiger partial charge < -0.3 is 10.0 Å². The van der Waals surface area contributed by atoms with Crippen LogP contribution < -0.4 is 4.90 Å². The highest BCUT2D eigenvalue weighted by Gasteiger charge is 2.60. The van der Waals surface area contributed by atoms with E-state index in [1.54, 1.807) is 0 Å². The molecule has 0 amide bonds. The topological polar surface area (TPSA) is 54.2 Å². The number of nitrogens with zero attached hydrogens (tertiary/aromatic N) is 4. The number of para-hydroxylation sites is 2. The number of aryl methyl sites for hydroxylation is 1. The molecule has 1 saturated carbocycles. The highest BCUT2D eigenvalue weighted by molar-refractivity contribution is 6.30. The van der Waals surface area contributed by atoms with Crippen LogP contribution in [0.15, 0.2) is 48.5 Å². The third-order valence-electron chi connectivity index (χ3n) is 5.71. The number of benzene rings is 2. The molecule has 1 N–H and O–H groups in total. The van der Waals surface area contributed by atoms with Crippen LogP contribution in [-0.2, 0) is 5.41 Å². The summed E-state index contributed by atoms with van der Waals surface area (Å²) in [6.07, 6.45) is 0.916. The Bertz CT molecular complexity index is 984. The second-order valence-corrected chi connectivity index (χ2v) is 7.63. The van der Waals surface area contributed by atoms with Gasteiger partial charge in [0.05, 0.1) is 16.8 Å². The van der Waals surface area contributed by atoms with E-state index in [1.807, 2.05) is 37.3 Å². The Labute approximate surface area is 156 Å². The van der Waals surface area contributed by atoms with Crippen LogP contribution in [-0.4, -0.2) is 33.0 Å². The zero-order valence-corrected chi connectivity index (χ0v) is 15.2. The lowest BCUT2D eigenvalue weighted by molar-refractivity contribution is 0.262. The Morgan fingerprint density at radius 1 is 1.12 bits per heavy atom. The van der Waals surface area contributed by atoms with E-state index in [0.29, 0.717) is 0 Å². The number of aliphatic hydroxyl groups excluding tert-OH is 1.